The van der Waals surface area contributed by atoms with Crippen molar-refractivity contribution in [3.8, 4) is 0 Å². The lowest BCUT2D eigenvalue weighted by Crippen LogP contribution is -2.45. The summed E-state index contributed by atoms with van der Waals surface area (Å²) in [7, 11) is 0. The van der Waals surface area contributed by atoms with E-state index in [1.54, 1.807) is 16.7 Å². The predicted molar refractivity (Wildman–Crippen MR) is 93.9 cm³/mol. The smallest absolute Gasteiger partial charge is 0.240 e. The molecule has 3 rings (SSSR count). The van der Waals surface area contributed by atoms with Gasteiger partial charge in [0.05, 0.1) is 5.41 Å². The zero-order valence-electron chi connectivity index (χ0n) is 13.7. The van der Waals surface area contributed by atoms with Crippen molar-refractivity contribution < 1.29 is 14.4 Å². The quantitative estimate of drug-likeness (QED) is 0.852. The normalized spacial score (nSPS) is 22.3. The van der Waals surface area contributed by atoms with Gasteiger partial charge in [0.2, 0.25) is 17.7 Å². The van der Waals surface area contributed by atoms with Crippen molar-refractivity contribution in [1.82, 2.24) is 4.90 Å². The van der Waals surface area contributed by atoms with Crippen molar-refractivity contribution in [2.75, 3.05) is 36.5 Å². The number of rotatable bonds is 5. The Balaban J connectivity index is 1.90. The Morgan fingerprint density at radius 2 is 2.08 bits per heavy atom. The minimum Gasteiger partial charge on any atom is -0.368 e. The number of anilines is 1. The number of likely N-dealkylation sites (tertiary alicyclic amines) is 1. The summed E-state index contributed by atoms with van der Waals surface area (Å²) >= 11 is 1.63. The van der Waals surface area contributed by atoms with Crippen LogP contribution in [0.3, 0.4) is 0 Å². The van der Waals surface area contributed by atoms with Crippen LogP contribution in [0.1, 0.15) is 18.4 Å². The zero-order valence-corrected chi connectivity index (χ0v) is 14.5. The number of carbonyl (C=O) groups excluding carboxylic acids is 3. The Bertz CT molecular complexity index is 693. The average molecular weight is 347 g/mol. The van der Waals surface area contributed by atoms with E-state index in [1.165, 1.54) is 4.90 Å². The molecule has 0 radical (unpaired) electrons. The van der Waals surface area contributed by atoms with Gasteiger partial charge in [-0.3, -0.25) is 14.4 Å². The van der Waals surface area contributed by atoms with E-state index >= 15 is 0 Å². The lowest BCUT2D eigenvalue weighted by atomic mass is 9.81. The first-order valence-electron chi connectivity index (χ1n) is 7.96. The first-order valence-corrected chi connectivity index (χ1v) is 9.35. The molecule has 6 nitrogen and oxygen atoms in total. The molecule has 1 atom stereocenters. The van der Waals surface area contributed by atoms with Gasteiger partial charge < -0.3 is 15.5 Å². The molecule has 1 aromatic carbocycles. The van der Waals surface area contributed by atoms with Crippen LogP contribution < -0.4 is 10.6 Å². The number of benzene rings is 1. The number of nitrogens with zero attached hydrogens (tertiary/aromatic N) is 2. The third kappa shape index (κ3) is 2.66. The van der Waals surface area contributed by atoms with Crippen LogP contribution in [-0.2, 0) is 19.8 Å². The number of amides is 3. The number of nitrogens with two attached hydrogens (primary N) is 1. The van der Waals surface area contributed by atoms with E-state index < -0.39 is 11.3 Å². The number of fused-ring (bicyclic) bond motifs is 2. The molecule has 128 valence electrons. The largest absolute Gasteiger partial charge is 0.368 e. The van der Waals surface area contributed by atoms with Gasteiger partial charge in [0.1, 0.15) is 6.54 Å². The van der Waals surface area contributed by atoms with Gasteiger partial charge in [-0.2, -0.15) is 11.8 Å². The molecule has 1 saturated heterocycles. The number of primary amides is 1. The highest BCUT2D eigenvalue weighted by Gasteiger charge is 2.55. The van der Waals surface area contributed by atoms with Crippen molar-refractivity contribution in [2.24, 2.45) is 5.73 Å². The number of para-hydroxylation sites is 1. The SMILES string of the molecule is CSCCC(=O)N1CCC2(C1)C(=O)N(CC(N)=O)c1ccccc12. The van der Waals surface area contributed by atoms with Crippen LogP contribution in [0.5, 0.6) is 0 Å². The van der Waals surface area contributed by atoms with Gasteiger partial charge in [0.15, 0.2) is 0 Å². The first-order chi connectivity index (χ1) is 11.5. The third-order valence-corrected chi connectivity index (χ3v) is 5.43. The highest BCUT2D eigenvalue weighted by atomic mass is 32.2. The van der Waals surface area contributed by atoms with Gasteiger partial charge in [0.25, 0.3) is 0 Å². The van der Waals surface area contributed by atoms with Crippen LogP contribution in [0.25, 0.3) is 0 Å². The molecule has 1 unspecified atom stereocenters. The van der Waals surface area contributed by atoms with E-state index in [-0.39, 0.29) is 18.4 Å². The molecule has 0 saturated carbocycles. The monoisotopic (exact) mass is 347 g/mol. The molecule has 1 spiro atoms. The number of carbonyl (C=O) groups is 3. The highest BCUT2D eigenvalue weighted by molar-refractivity contribution is 7.98. The van der Waals surface area contributed by atoms with E-state index in [2.05, 4.69) is 0 Å². The average Bonchev–Trinajstić information content (AvgIpc) is 3.11. The fraction of sp³-hybridized carbons (Fsp3) is 0.471. The summed E-state index contributed by atoms with van der Waals surface area (Å²) in [5.74, 6) is 0.198. The van der Waals surface area contributed by atoms with Gasteiger partial charge in [-0.05, 0) is 24.3 Å². The summed E-state index contributed by atoms with van der Waals surface area (Å²) in [6.07, 6.45) is 3.04. The predicted octanol–water partition coefficient (Wildman–Crippen LogP) is 0.742. The van der Waals surface area contributed by atoms with Crippen LogP contribution in [0.2, 0.25) is 0 Å². The van der Waals surface area contributed by atoms with Gasteiger partial charge in [0, 0.05) is 31.0 Å². The lowest BCUT2D eigenvalue weighted by molar-refractivity contribution is -0.130. The van der Waals surface area contributed by atoms with Crippen molar-refractivity contribution in [3.05, 3.63) is 29.8 Å². The Hall–Kier alpha value is -2.02. The Labute approximate surface area is 145 Å². The first kappa shape index (κ1) is 16.8. The topological polar surface area (TPSA) is 83.7 Å². The molecule has 0 aromatic heterocycles. The summed E-state index contributed by atoms with van der Waals surface area (Å²) < 4.78 is 0. The van der Waals surface area contributed by atoms with E-state index in [1.807, 2.05) is 30.5 Å². The molecule has 1 aromatic rings. The minimum atomic E-state index is -0.735. The molecular formula is C17H21N3O3S. The van der Waals surface area contributed by atoms with E-state index in [0.29, 0.717) is 25.9 Å². The third-order valence-electron chi connectivity index (χ3n) is 4.82. The van der Waals surface area contributed by atoms with Gasteiger partial charge in [-0.1, -0.05) is 18.2 Å². The molecule has 2 aliphatic rings. The summed E-state index contributed by atoms with van der Waals surface area (Å²) in [6.45, 7) is 0.820. The number of hydrogen-bond donors (Lipinski definition) is 1. The Morgan fingerprint density at radius 1 is 1.33 bits per heavy atom. The zero-order chi connectivity index (χ0) is 17.3. The molecule has 2 aliphatic heterocycles. The fourth-order valence-corrected chi connectivity index (χ4v) is 4.05. The maximum atomic E-state index is 13.1. The van der Waals surface area contributed by atoms with Crippen molar-refractivity contribution in [2.45, 2.75) is 18.3 Å². The summed E-state index contributed by atoms with van der Waals surface area (Å²) in [5, 5.41) is 0. The molecule has 2 N–H and O–H groups in total. The van der Waals surface area contributed by atoms with Crippen LogP contribution >= 0.6 is 11.8 Å². The van der Waals surface area contributed by atoms with E-state index in [9.17, 15) is 14.4 Å². The summed E-state index contributed by atoms with van der Waals surface area (Å²) in [4.78, 5) is 40.0. The number of hydrogen-bond acceptors (Lipinski definition) is 4. The maximum Gasteiger partial charge on any atom is 0.240 e. The molecule has 0 bridgehead atoms. The molecule has 2 heterocycles. The maximum absolute atomic E-state index is 13.1. The molecule has 1 fully saturated rings. The second-order valence-corrected chi connectivity index (χ2v) is 7.25. The minimum absolute atomic E-state index is 0.0832. The van der Waals surface area contributed by atoms with Gasteiger partial charge in [-0.25, -0.2) is 0 Å². The molecule has 24 heavy (non-hydrogen) atoms. The standard InChI is InChI=1S/C17H21N3O3S/c1-24-9-6-15(22)19-8-7-17(11-19)12-4-2-3-5-13(12)20(16(17)23)10-14(18)21/h2-5H,6-11H2,1H3,(H2,18,21). The van der Waals surface area contributed by atoms with Crippen LogP contribution in [0, 0.1) is 0 Å². The molecule has 0 aliphatic carbocycles. The van der Waals surface area contributed by atoms with Gasteiger partial charge >= 0.3 is 0 Å². The van der Waals surface area contributed by atoms with Crippen LogP contribution in [-0.4, -0.2) is 54.3 Å². The van der Waals surface area contributed by atoms with Gasteiger partial charge in [-0.15, -0.1) is 0 Å². The van der Waals surface area contributed by atoms with E-state index in [0.717, 1.165) is 17.0 Å². The van der Waals surface area contributed by atoms with Crippen LogP contribution in [0.15, 0.2) is 24.3 Å². The molecular weight excluding hydrogens is 326 g/mol. The molecule has 3 amide bonds. The fourth-order valence-electron chi connectivity index (χ4n) is 3.67. The molecule has 7 heteroatoms. The van der Waals surface area contributed by atoms with Crippen molar-refractivity contribution in [1.29, 1.82) is 0 Å². The number of thioether (sulfide) groups is 1. The van der Waals surface area contributed by atoms with Crippen molar-refractivity contribution in [3.63, 3.8) is 0 Å². The second kappa shape index (κ2) is 6.47. The summed E-state index contributed by atoms with van der Waals surface area (Å²) in [5.41, 5.74) is 6.21. The highest BCUT2D eigenvalue weighted by Crippen LogP contribution is 2.47. The van der Waals surface area contributed by atoms with Crippen LogP contribution in [0.4, 0.5) is 5.69 Å². The van der Waals surface area contributed by atoms with Crippen molar-refractivity contribution >= 4 is 35.2 Å². The second-order valence-electron chi connectivity index (χ2n) is 6.26. The van der Waals surface area contributed by atoms with E-state index in [4.69, 9.17) is 5.73 Å². The Morgan fingerprint density at radius 3 is 2.79 bits per heavy atom. The lowest BCUT2D eigenvalue weighted by Gasteiger charge is -2.24. The Kier molecular flexibility index (Phi) is 4.54. The summed E-state index contributed by atoms with van der Waals surface area (Å²) in [6, 6.07) is 7.49.